The number of rotatable bonds is 4. The first-order valence-electron chi connectivity index (χ1n) is 5.78. The van der Waals surface area contributed by atoms with Gasteiger partial charge in [-0.25, -0.2) is 9.48 Å². The minimum Gasteiger partial charge on any atom is -0.464 e. The standard InChI is InChI=1S/C13H13ClN2O3/c1-2-19-13(18)12(17)9-3-5-10(6-4-9)16-11(14)7-8-15-16/h3-8,12,17H,2H2,1H3. The fourth-order valence-corrected chi connectivity index (χ4v) is 1.83. The summed E-state index contributed by atoms with van der Waals surface area (Å²) in [6.07, 6.45) is 0.311. The molecule has 1 N–H and O–H groups in total. The molecule has 0 radical (unpaired) electrons. The number of ether oxygens (including phenoxy) is 1. The van der Waals surface area contributed by atoms with Gasteiger partial charge in [-0.1, -0.05) is 23.7 Å². The largest absolute Gasteiger partial charge is 0.464 e. The summed E-state index contributed by atoms with van der Waals surface area (Å²) >= 11 is 5.95. The molecule has 0 aliphatic rings. The van der Waals surface area contributed by atoms with Crippen molar-refractivity contribution in [3.8, 4) is 5.69 Å². The number of esters is 1. The normalized spacial score (nSPS) is 12.2. The Hall–Kier alpha value is -1.85. The van der Waals surface area contributed by atoms with Crippen LogP contribution in [-0.2, 0) is 9.53 Å². The third-order valence-electron chi connectivity index (χ3n) is 2.56. The molecule has 0 aliphatic carbocycles. The summed E-state index contributed by atoms with van der Waals surface area (Å²) in [5.41, 5.74) is 1.21. The quantitative estimate of drug-likeness (QED) is 0.872. The number of hydrogen-bond acceptors (Lipinski definition) is 4. The summed E-state index contributed by atoms with van der Waals surface area (Å²) < 4.78 is 6.30. The maximum Gasteiger partial charge on any atom is 0.339 e. The first-order valence-corrected chi connectivity index (χ1v) is 6.16. The number of carbonyl (C=O) groups is 1. The van der Waals surface area contributed by atoms with E-state index in [1.165, 1.54) is 0 Å². The van der Waals surface area contributed by atoms with Crippen molar-refractivity contribution in [1.29, 1.82) is 0 Å². The van der Waals surface area contributed by atoms with Crippen LogP contribution in [0.5, 0.6) is 0 Å². The van der Waals surface area contributed by atoms with Crippen LogP contribution < -0.4 is 0 Å². The molecule has 1 heterocycles. The predicted octanol–water partition coefficient (Wildman–Crippen LogP) is 2.12. The van der Waals surface area contributed by atoms with Crippen molar-refractivity contribution in [3.05, 3.63) is 47.2 Å². The Bertz CT molecular complexity index is 566. The molecule has 0 fully saturated rings. The van der Waals surface area contributed by atoms with Crippen molar-refractivity contribution in [2.24, 2.45) is 0 Å². The lowest BCUT2D eigenvalue weighted by atomic mass is 10.1. The lowest BCUT2D eigenvalue weighted by Crippen LogP contribution is -2.15. The van der Waals surface area contributed by atoms with Crippen LogP contribution in [0.1, 0.15) is 18.6 Å². The second kappa shape index (κ2) is 5.86. The summed E-state index contributed by atoms with van der Waals surface area (Å²) in [4.78, 5) is 11.4. The Balaban J connectivity index is 2.19. The van der Waals surface area contributed by atoms with Gasteiger partial charge in [0.2, 0.25) is 0 Å². The summed E-state index contributed by atoms with van der Waals surface area (Å²) in [5, 5.41) is 14.3. The number of benzene rings is 1. The maximum absolute atomic E-state index is 11.4. The zero-order chi connectivity index (χ0) is 13.8. The van der Waals surface area contributed by atoms with Gasteiger partial charge in [0.1, 0.15) is 5.15 Å². The van der Waals surface area contributed by atoms with Gasteiger partial charge in [-0.15, -0.1) is 0 Å². The van der Waals surface area contributed by atoms with Crippen LogP contribution in [0.15, 0.2) is 36.5 Å². The van der Waals surface area contributed by atoms with Crippen LogP contribution in [-0.4, -0.2) is 27.5 Å². The Morgan fingerprint density at radius 1 is 1.42 bits per heavy atom. The molecule has 0 aliphatic heterocycles. The van der Waals surface area contributed by atoms with E-state index in [4.69, 9.17) is 16.3 Å². The topological polar surface area (TPSA) is 64.3 Å². The monoisotopic (exact) mass is 280 g/mol. The zero-order valence-corrected chi connectivity index (χ0v) is 11.0. The molecule has 0 amide bonds. The summed E-state index contributed by atoms with van der Waals surface area (Å²) in [6, 6.07) is 8.38. The Morgan fingerprint density at radius 3 is 2.63 bits per heavy atom. The molecule has 0 spiro atoms. The van der Waals surface area contributed by atoms with Crippen molar-refractivity contribution < 1.29 is 14.6 Å². The molecule has 1 atom stereocenters. The second-order valence-corrected chi connectivity index (χ2v) is 4.20. The van der Waals surface area contributed by atoms with Gasteiger partial charge < -0.3 is 9.84 Å². The number of aliphatic hydroxyl groups is 1. The van der Waals surface area contributed by atoms with E-state index in [0.29, 0.717) is 10.7 Å². The third-order valence-corrected chi connectivity index (χ3v) is 2.85. The molecule has 19 heavy (non-hydrogen) atoms. The molecular weight excluding hydrogens is 268 g/mol. The van der Waals surface area contributed by atoms with E-state index in [2.05, 4.69) is 5.10 Å². The molecule has 2 rings (SSSR count). The highest BCUT2D eigenvalue weighted by Crippen LogP contribution is 2.19. The molecule has 1 aromatic carbocycles. The van der Waals surface area contributed by atoms with Crippen molar-refractivity contribution >= 4 is 17.6 Å². The average Bonchev–Trinajstić information content (AvgIpc) is 2.84. The van der Waals surface area contributed by atoms with E-state index < -0.39 is 12.1 Å². The molecule has 0 saturated heterocycles. The van der Waals surface area contributed by atoms with Crippen LogP contribution in [0, 0.1) is 0 Å². The number of halogens is 1. The highest BCUT2D eigenvalue weighted by atomic mass is 35.5. The molecule has 0 bridgehead atoms. The lowest BCUT2D eigenvalue weighted by molar-refractivity contribution is -0.153. The maximum atomic E-state index is 11.4. The van der Waals surface area contributed by atoms with Crippen molar-refractivity contribution in [1.82, 2.24) is 9.78 Å². The summed E-state index contributed by atoms with van der Waals surface area (Å²) in [6.45, 7) is 1.92. The smallest absolute Gasteiger partial charge is 0.339 e. The van der Waals surface area contributed by atoms with E-state index in [0.717, 1.165) is 5.69 Å². The molecule has 5 nitrogen and oxygen atoms in total. The van der Waals surface area contributed by atoms with Gasteiger partial charge in [0, 0.05) is 0 Å². The lowest BCUT2D eigenvalue weighted by Gasteiger charge is -2.10. The molecule has 2 aromatic rings. The molecule has 1 aromatic heterocycles. The highest BCUT2D eigenvalue weighted by Gasteiger charge is 2.18. The number of hydrogen-bond donors (Lipinski definition) is 1. The summed E-state index contributed by atoms with van der Waals surface area (Å²) in [5.74, 6) is -0.660. The SMILES string of the molecule is CCOC(=O)C(O)c1ccc(-n2nccc2Cl)cc1. The molecular formula is C13H13ClN2O3. The van der Waals surface area contributed by atoms with E-state index >= 15 is 0 Å². The highest BCUT2D eigenvalue weighted by molar-refractivity contribution is 6.29. The summed E-state index contributed by atoms with van der Waals surface area (Å²) in [7, 11) is 0. The predicted molar refractivity (Wildman–Crippen MR) is 70.2 cm³/mol. The molecule has 100 valence electrons. The van der Waals surface area contributed by atoms with E-state index in [9.17, 15) is 9.90 Å². The Morgan fingerprint density at radius 2 is 2.11 bits per heavy atom. The first-order chi connectivity index (χ1) is 9.13. The number of aromatic nitrogens is 2. The van der Waals surface area contributed by atoms with Gasteiger partial charge >= 0.3 is 5.97 Å². The minimum absolute atomic E-state index is 0.233. The van der Waals surface area contributed by atoms with Crippen molar-refractivity contribution in [2.45, 2.75) is 13.0 Å². The van der Waals surface area contributed by atoms with Gasteiger partial charge in [-0.05, 0) is 30.7 Å². The van der Waals surface area contributed by atoms with Crippen LogP contribution >= 0.6 is 11.6 Å². The Kier molecular flexibility index (Phi) is 4.19. The molecule has 0 saturated carbocycles. The van der Waals surface area contributed by atoms with Gasteiger partial charge in [0.05, 0.1) is 18.5 Å². The second-order valence-electron chi connectivity index (χ2n) is 3.81. The fourth-order valence-electron chi connectivity index (χ4n) is 1.63. The van der Waals surface area contributed by atoms with E-state index in [1.807, 2.05) is 0 Å². The van der Waals surface area contributed by atoms with Crippen LogP contribution in [0.2, 0.25) is 5.15 Å². The number of carbonyl (C=O) groups excluding carboxylic acids is 1. The van der Waals surface area contributed by atoms with Gasteiger partial charge in [-0.2, -0.15) is 5.10 Å². The first kappa shape index (κ1) is 13.6. The third kappa shape index (κ3) is 2.94. The van der Waals surface area contributed by atoms with Gasteiger partial charge in [-0.3, -0.25) is 0 Å². The molecule has 1 unspecified atom stereocenters. The van der Waals surface area contributed by atoms with Crippen LogP contribution in [0.25, 0.3) is 5.69 Å². The molecule has 6 heteroatoms. The van der Waals surface area contributed by atoms with Crippen LogP contribution in [0.3, 0.4) is 0 Å². The average molecular weight is 281 g/mol. The fraction of sp³-hybridized carbons (Fsp3) is 0.231. The number of aliphatic hydroxyl groups excluding tert-OH is 1. The van der Waals surface area contributed by atoms with Gasteiger partial charge in [0.25, 0.3) is 0 Å². The Labute approximate surface area is 115 Å². The van der Waals surface area contributed by atoms with E-state index in [-0.39, 0.29) is 6.61 Å². The van der Waals surface area contributed by atoms with Gasteiger partial charge in [0.15, 0.2) is 6.10 Å². The van der Waals surface area contributed by atoms with Crippen molar-refractivity contribution in [2.75, 3.05) is 6.61 Å². The van der Waals surface area contributed by atoms with E-state index in [1.54, 1.807) is 48.1 Å². The number of nitrogens with zero attached hydrogens (tertiary/aromatic N) is 2. The van der Waals surface area contributed by atoms with Crippen molar-refractivity contribution in [3.63, 3.8) is 0 Å². The van der Waals surface area contributed by atoms with Crippen LogP contribution in [0.4, 0.5) is 0 Å². The minimum atomic E-state index is -1.28. The zero-order valence-electron chi connectivity index (χ0n) is 10.3.